The molecule has 0 atom stereocenters. The topological polar surface area (TPSA) is 85.8 Å². The number of nitrogens with zero attached hydrogens (tertiary/aromatic N) is 3. The molecule has 12 heavy (non-hydrogen) atoms. The first-order valence-electron chi connectivity index (χ1n) is 3.51. The molecular formula is C6H11N5O. The monoisotopic (exact) mass is 169 g/mol. The number of carbonyl (C=O) groups is 1. The molecule has 0 aromatic carbocycles. The Balaban J connectivity index is 2.75. The summed E-state index contributed by atoms with van der Waals surface area (Å²) >= 11 is 0. The van der Waals surface area contributed by atoms with Crippen LogP contribution >= 0.6 is 0 Å². The Kier molecular flexibility index (Phi) is 2.39. The van der Waals surface area contributed by atoms with Crippen molar-refractivity contribution >= 4 is 5.91 Å². The van der Waals surface area contributed by atoms with Crippen molar-refractivity contribution in [3.8, 4) is 0 Å². The Morgan fingerprint density at radius 2 is 2.33 bits per heavy atom. The summed E-state index contributed by atoms with van der Waals surface area (Å²) in [6, 6.07) is 0. The fourth-order valence-corrected chi connectivity index (χ4v) is 0.893. The first kappa shape index (κ1) is 8.66. The predicted molar refractivity (Wildman–Crippen MR) is 41.8 cm³/mol. The molecule has 1 amide bonds. The van der Waals surface area contributed by atoms with Crippen LogP contribution in [0.4, 0.5) is 0 Å². The van der Waals surface area contributed by atoms with Gasteiger partial charge in [0.2, 0.25) is 0 Å². The van der Waals surface area contributed by atoms with E-state index in [1.54, 1.807) is 13.8 Å². The number of aromatic nitrogens is 3. The van der Waals surface area contributed by atoms with Gasteiger partial charge in [-0.05, 0) is 13.8 Å². The van der Waals surface area contributed by atoms with E-state index in [0.717, 1.165) is 0 Å². The predicted octanol–water partition coefficient (Wildman–Crippen LogP) is -1.12. The van der Waals surface area contributed by atoms with E-state index >= 15 is 0 Å². The summed E-state index contributed by atoms with van der Waals surface area (Å²) in [5.74, 6) is 5.98. The summed E-state index contributed by atoms with van der Waals surface area (Å²) < 4.78 is 1.50. The van der Waals surface area contributed by atoms with Crippen molar-refractivity contribution in [2.45, 2.75) is 20.4 Å². The average Bonchev–Trinajstić information content (AvgIpc) is 2.30. The van der Waals surface area contributed by atoms with Crippen LogP contribution in [0.5, 0.6) is 0 Å². The maximum absolute atomic E-state index is 10.8. The van der Waals surface area contributed by atoms with Gasteiger partial charge in [0.25, 0.3) is 5.91 Å². The molecule has 0 fully saturated rings. The number of nitrogens with one attached hydrogen (secondary N) is 1. The van der Waals surface area contributed by atoms with Crippen molar-refractivity contribution in [3.05, 3.63) is 11.6 Å². The SMILES string of the molecule is Cc1nc(C)n(CC(=O)NN)n1. The van der Waals surface area contributed by atoms with Gasteiger partial charge in [-0.25, -0.2) is 15.5 Å². The zero-order chi connectivity index (χ0) is 9.14. The number of amides is 1. The first-order valence-corrected chi connectivity index (χ1v) is 3.51. The molecule has 1 aromatic rings. The van der Waals surface area contributed by atoms with Crippen molar-refractivity contribution < 1.29 is 4.79 Å². The third-order valence-electron chi connectivity index (χ3n) is 1.42. The number of nitrogens with two attached hydrogens (primary N) is 1. The molecule has 0 saturated carbocycles. The molecule has 0 aliphatic carbocycles. The van der Waals surface area contributed by atoms with Crippen molar-refractivity contribution in [2.75, 3.05) is 0 Å². The van der Waals surface area contributed by atoms with Gasteiger partial charge < -0.3 is 0 Å². The summed E-state index contributed by atoms with van der Waals surface area (Å²) in [5, 5.41) is 3.99. The van der Waals surface area contributed by atoms with Crippen LogP contribution < -0.4 is 11.3 Å². The van der Waals surface area contributed by atoms with Crippen LogP contribution in [-0.2, 0) is 11.3 Å². The Labute approximate surface area is 69.7 Å². The van der Waals surface area contributed by atoms with E-state index < -0.39 is 0 Å². The van der Waals surface area contributed by atoms with E-state index in [9.17, 15) is 4.79 Å². The minimum Gasteiger partial charge on any atom is -0.293 e. The van der Waals surface area contributed by atoms with E-state index in [1.165, 1.54) is 4.68 Å². The smallest absolute Gasteiger partial charge is 0.255 e. The second-order valence-corrected chi connectivity index (χ2v) is 2.43. The largest absolute Gasteiger partial charge is 0.293 e. The van der Waals surface area contributed by atoms with Gasteiger partial charge in [0.1, 0.15) is 18.2 Å². The third-order valence-corrected chi connectivity index (χ3v) is 1.42. The normalized spacial score (nSPS) is 9.92. The van der Waals surface area contributed by atoms with Gasteiger partial charge in [0.05, 0.1) is 0 Å². The molecule has 66 valence electrons. The fourth-order valence-electron chi connectivity index (χ4n) is 0.893. The summed E-state index contributed by atoms with van der Waals surface area (Å²) in [4.78, 5) is 14.8. The molecule has 0 aliphatic rings. The van der Waals surface area contributed by atoms with Crippen LogP contribution in [0.15, 0.2) is 0 Å². The zero-order valence-electron chi connectivity index (χ0n) is 7.03. The highest BCUT2D eigenvalue weighted by Crippen LogP contribution is 1.94. The molecule has 0 spiro atoms. The minimum absolute atomic E-state index is 0.114. The maximum atomic E-state index is 10.8. The number of hydrazine groups is 1. The lowest BCUT2D eigenvalue weighted by atomic mass is 10.6. The van der Waals surface area contributed by atoms with E-state index in [-0.39, 0.29) is 12.5 Å². The fraction of sp³-hybridized carbons (Fsp3) is 0.500. The molecular weight excluding hydrogens is 158 g/mol. The Morgan fingerprint density at radius 1 is 1.67 bits per heavy atom. The lowest BCUT2D eigenvalue weighted by Crippen LogP contribution is -2.33. The highest BCUT2D eigenvalue weighted by molar-refractivity contribution is 5.74. The molecule has 1 aromatic heterocycles. The quantitative estimate of drug-likeness (QED) is 0.334. The zero-order valence-corrected chi connectivity index (χ0v) is 7.03. The minimum atomic E-state index is -0.289. The van der Waals surface area contributed by atoms with E-state index in [2.05, 4.69) is 10.1 Å². The standard InChI is InChI=1S/C6H11N5O/c1-4-8-5(2)11(10-4)3-6(12)9-7/h3,7H2,1-2H3,(H,9,12). The molecule has 6 nitrogen and oxygen atoms in total. The highest BCUT2D eigenvalue weighted by atomic mass is 16.2. The second-order valence-electron chi connectivity index (χ2n) is 2.43. The molecule has 0 aliphatic heterocycles. The molecule has 0 bridgehead atoms. The number of rotatable bonds is 2. The van der Waals surface area contributed by atoms with Gasteiger partial charge in [-0.1, -0.05) is 0 Å². The third kappa shape index (κ3) is 1.79. The number of hydrogen-bond acceptors (Lipinski definition) is 4. The number of carbonyl (C=O) groups excluding carboxylic acids is 1. The van der Waals surface area contributed by atoms with Crippen LogP contribution in [0.3, 0.4) is 0 Å². The summed E-state index contributed by atoms with van der Waals surface area (Å²) in [6.07, 6.45) is 0. The van der Waals surface area contributed by atoms with Gasteiger partial charge >= 0.3 is 0 Å². The number of hydrogen-bond donors (Lipinski definition) is 2. The van der Waals surface area contributed by atoms with Crippen LogP contribution in [-0.4, -0.2) is 20.7 Å². The maximum Gasteiger partial charge on any atom is 0.255 e. The Bertz CT molecular complexity index is 292. The summed E-state index contributed by atoms with van der Waals surface area (Å²) in [5.41, 5.74) is 2.02. The van der Waals surface area contributed by atoms with Gasteiger partial charge in [-0.2, -0.15) is 5.10 Å². The molecule has 1 rings (SSSR count). The van der Waals surface area contributed by atoms with Crippen LogP contribution in [0.2, 0.25) is 0 Å². The molecule has 0 unspecified atom stereocenters. The van der Waals surface area contributed by atoms with Gasteiger partial charge in [0.15, 0.2) is 0 Å². The van der Waals surface area contributed by atoms with E-state index in [1.807, 2.05) is 5.43 Å². The molecule has 6 heteroatoms. The molecule has 1 heterocycles. The molecule has 3 N–H and O–H groups in total. The second kappa shape index (κ2) is 3.31. The van der Waals surface area contributed by atoms with Crippen molar-refractivity contribution in [2.24, 2.45) is 5.84 Å². The van der Waals surface area contributed by atoms with Crippen LogP contribution in [0.1, 0.15) is 11.6 Å². The summed E-state index contributed by atoms with van der Waals surface area (Å²) in [6.45, 7) is 3.66. The Morgan fingerprint density at radius 3 is 2.75 bits per heavy atom. The Hall–Kier alpha value is -1.43. The lowest BCUT2D eigenvalue weighted by molar-refractivity contribution is -0.121. The molecule has 0 radical (unpaired) electrons. The van der Waals surface area contributed by atoms with Crippen LogP contribution in [0, 0.1) is 13.8 Å². The van der Waals surface area contributed by atoms with Crippen molar-refractivity contribution in [1.29, 1.82) is 0 Å². The summed E-state index contributed by atoms with van der Waals surface area (Å²) in [7, 11) is 0. The molecule has 0 saturated heterocycles. The van der Waals surface area contributed by atoms with Crippen LogP contribution in [0.25, 0.3) is 0 Å². The van der Waals surface area contributed by atoms with E-state index in [0.29, 0.717) is 11.6 Å². The lowest BCUT2D eigenvalue weighted by Gasteiger charge is -1.99. The van der Waals surface area contributed by atoms with E-state index in [4.69, 9.17) is 5.84 Å². The van der Waals surface area contributed by atoms with Gasteiger partial charge in [-0.3, -0.25) is 10.2 Å². The highest BCUT2D eigenvalue weighted by Gasteiger charge is 2.05. The average molecular weight is 169 g/mol. The van der Waals surface area contributed by atoms with Gasteiger partial charge in [0, 0.05) is 0 Å². The number of aryl methyl sites for hydroxylation is 2. The van der Waals surface area contributed by atoms with Gasteiger partial charge in [-0.15, -0.1) is 0 Å². The first-order chi connectivity index (χ1) is 5.63. The van der Waals surface area contributed by atoms with Crippen molar-refractivity contribution in [1.82, 2.24) is 20.2 Å². The van der Waals surface area contributed by atoms with Crippen molar-refractivity contribution in [3.63, 3.8) is 0 Å².